The number of ether oxygens (including phenoxy) is 1. The van der Waals surface area contributed by atoms with Crippen LogP contribution in [0, 0.1) is 23.0 Å². The first-order valence-corrected chi connectivity index (χ1v) is 6.75. The minimum atomic E-state index is -0.910. The Labute approximate surface area is 118 Å². The molecule has 1 atom stereocenters. The number of rotatable bonds is 8. The number of unbranched alkanes of at least 4 members (excludes halogenated alkanes) is 1. The van der Waals surface area contributed by atoms with Crippen LogP contribution in [0.3, 0.4) is 0 Å². The number of halogens is 2. The molecule has 0 saturated heterocycles. The second-order valence-corrected chi connectivity index (χ2v) is 4.86. The van der Waals surface area contributed by atoms with Gasteiger partial charge in [0.05, 0.1) is 12.7 Å². The summed E-state index contributed by atoms with van der Waals surface area (Å²) in [6.45, 7) is 4.99. The van der Waals surface area contributed by atoms with Crippen molar-refractivity contribution in [3.8, 4) is 11.8 Å². The molecule has 0 radical (unpaired) electrons. The summed E-state index contributed by atoms with van der Waals surface area (Å²) in [5, 5.41) is 12.2. The molecular formula is C15H20F2N2O. The number of benzene rings is 1. The molecule has 110 valence electrons. The van der Waals surface area contributed by atoms with Crippen molar-refractivity contribution in [3.63, 3.8) is 0 Å². The lowest BCUT2D eigenvalue weighted by Gasteiger charge is -2.22. The van der Waals surface area contributed by atoms with Crippen molar-refractivity contribution in [2.24, 2.45) is 0 Å². The lowest BCUT2D eigenvalue weighted by molar-refractivity contribution is 0.293. The van der Waals surface area contributed by atoms with E-state index in [1.165, 1.54) is 6.07 Å². The maximum absolute atomic E-state index is 12.9. The van der Waals surface area contributed by atoms with Crippen LogP contribution in [0.25, 0.3) is 0 Å². The zero-order chi connectivity index (χ0) is 15.0. The van der Waals surface area contributed by atoms with Crippen LogP contribution in [0.1, 0.15) is 33.1 Å². The highest BCUT2D eigenvalue weighted by Crippen LogP contribution is 2.17. The molecule has 0 bridgehead atoms. The van der Waals surface area contributed by atoms with Crippen LogP contribution >= 0.6 is 0 Å². The first-order valence-electron chi connectivity index (χ1n) is 6.75. The van der Waals surface area contributed by atoms with Gasteiger partial charge in [-0.2, -0.15) is 5.26 Å². The van der Waals surface area contributed by atoms with Crippen molar-refractivity contribution in [1.82, 2.24) is 5.32 Å². The number of nitrogens with zero attached hydrogens (tertiary/aromatic N) is 1. The monoisotopic (exact) mass is 282 g/mol. The van der Waals surface area contributed by atoms with Crippen LogP contribution in [0.4, 0.5) is 8.78 Å². The predicted molar refractivity (Wildman–Crippen MR) is 73.4 cm³/mol. The van der Waals surface area contributed by atoms with Gasteiger partial charge in [-0.05, 0) is 44.9 Å². The van der Waals surface area contributed by atoms with Crippen LogP contribution in [-0.2, 0) is 0 Å². The molecule has 0 spiro atoms. The van der Waals surface area contributed by atoms with E-state index in [4.69, 9.17) is 10.00 Å². The van der Waals surface area contributed by atoms with E-state index in [-0.39, 0.29) is 0 Å². The molecule has 0 saturated carbocycles. The van der Waals surface area contributed by atoms with Gasteiger partial charge in [0.25, 0.3) is 0 Å². The third-order valence-corrected chi connectivity index (χ3v) is 3.04. The second-order valence-electron chi connectivity index (χ2n) is 4.86. The minimum Gasteiger partial charge on any atom is -0.493 e. The summed E-state index contributed by atoms with van der Waals surface area (Å²) in [7, 11) is 0. The largest absolute Gasteiger partial charge is 0.493 e. The first kappa shape index (κ1) is 16.4. The van der Waals surface area contributed by atoms with Crippen molar-refractivity contribution in [3.05, 3.63) is 29.8 Å². The van der Waals surface area contributed by atoms with Crippen LogP contribution in [0.15, 0.2) is 18.2 Å². The summed E-state index contributed by atoms with van der Waals surface area (Å²) >= 11 is 0. The number of nitriles is 1. The van der Waals surface area contributed by atoms with E-state index < -0.39 is 17.2 Å². The van der Waals surface area contributed by atoms with Gasteiger partial charge in [0.1, 0.15) is 11.3 Å². The van der Waals surface area contributed by atoms with E-state index in [0.29, 0.717) is 12.4 Å². The fraction of sp³-hybridized carbons (Fsp3) is 0.533. The third-order valence-electron chi connectivity index (χ3n) is 3.04. The van der Waals surface area contributed by atoms with E-state index in [2.05, 4.69) is 11.4 Å². The molecule has 0 aliphatic carbocycles. The van der Waals surface area contributed by atoms with Gasteiger partial charge in [0, 0.05) is 6.07 Å². The van der Waals surface area contributed by atoms with Gasteiger partial charge in [-0.3, -0.25) is 5.32 Å². The Bertz CT molecular complexity index is 473. The van der Waals surface area contributed by atoms with Gasteiger partial charge < -0.3 is 4.74 Å². The Kier molecular flexibility index (Phi) is 6.40. The molecule has 0 amide bonds. The minimum absolute atomic E-state index is 0.318. The fourth-order valence-electron chi connectivity index (χ4n) is 1.91. The average Bonchev–Trinajstić information content (AvgIpc) is 2.42. The Morgan fingerprint density at radius 2 is 2.05 bits per heavy atom. The Morgan fingerprint density at radius 3 is 2.65 bits per heavy atom. The Morgan fingerprint density at radius 1 is 1.30 bits per heavy atom. The zero-order valence-electron chi connectivity index (χ0n) is 11.9. The molecule has 3 nitrogen and oxygen atoms in total. The van der Waals surface area contributed by atoms with Crippen molar-refractivity contribution in [2.75, 3.05) is 13.2 Å². The Balaban J connectivity index is 2.28. The summed E-state index contributed by atoms with van der Waals surface area (Å²) in [5.41, 5.74) is -0.517. The molecule has 1 rings (SSSR count). The third kappa shape index (κ3) is 5.14. The van der Waals surface area contributed by atoms with Gasteiger partial charge in [-0.25, -0.2) is 8.78 Å². The highest BCUT2D eigenvalue weighted by Gasteiger charge is 2.21. The van der Waals surface area contributed by atoms with E-state index in [1.54, 1.807) is 0 Å². The van der Waals surface area contributed by atoms with Gasteiger partial charge in [0.15, 0.2) is 11.6 Å². The van der Waals surface area contributed by atoms with Gasteiger partial charge in [-0.15, -0.1) is 0 Å². The highest BCUT2D eigenvalue weighted by molar-refractivity contribution is 5.23. The Hall–Kier alpha value is -1.67. The molecule has 1 unspecified atom stereocenters. The second kappa shape index (κ2) is 7.81. The quantitative estimate of drug-likeness (QED) is 0.743. The zero-order valence-corrected chi connectivity index (χ0v) is 11.9. The predicted octanol–water partition coefficient (Wildman–Crippen LogP) is 3.41. The van der Waals surface area contributed by atoms with E-state index in [0.717, 1.165) is 37.9 Å². The summed E-state index contributed by atoms with van der Waals surface area (Å²) in [4.78, 5) is 0. The summed E-state index contributed by atoms with van der Waals surface area (Å²) in [5.74, 6) is -1.47. The maximum Gasteiger partial charge on any atom is 0.162 e. The molecule has 1 aromatic rings. The lowest BCUT2D eigenvalue weighted by atomic mass is 9.97. The molecule has 5 heteroatoms. The SMILES string of the molecule is CCNC(C)(C#N)CCCCOc1ccc(F)c(F)c1. The molecule has 1 aromatic carbocycles. The molecule has 0 fully saturated rings. The normalized spacial score (nSPS) is 13.6. The van der Waals surface area contributed by atoms with Crippen molar-refractivity contribution >= 4 is 0 Å². The maximum atomic E-state index is 12.9. The summed E-state index contributed by atoms with van der Waals surface area (Å²) in [6.07, 6.45) is 2.29. The van der Waals surface area contributed by atoms with Crippen molar-refractivity contribution in [2.45, 2.75) is 38.6 Å². The van der Waals surface area contributed by atoms with Crippen molar-refractivity contribution in [1.29, 1.82) is 5.26 Å². The molecule has 0 aromatic heterocycles. The smallest absolute Gasteiger partial charge is 0.162 e. The van der Waals surface area contributed by atoms with Crippen LogP contribution in [0.2, 0.25) is 0 Å². The average molecular weight is 282 g/mol. The molecule has 0 aliphatic rings. The molecule has 0 heterocycles. The molecule has 0 aliphatic heterocycles. The van der Waals surface area contributed by atoms with Gasteiger partial charge in [0.2, 0.25) is 0 Å². The number of hydrogen-bond acceptors (Lipinski definition) is 3. The van der Waals surface area contributed by atoms with Gasteiger partial charge in [-0.1, -0.05) is 6.92 Å². The lowest BCUT2D eigenvalue weighted by Crippen LogP contribution is -2.40. The van der Waals surface area contributed by atoms with Crippen LogP contribution < -0.4 is 10.1 Å². The van der Waals surface area contributed by atoms with Gasteiger partial charge >= 0.3 is 0 Å². The standard InChI is InChI=1S/C15H20F2N2O/c1-3-19-15(2,11-18)8-4-5-9-20-12-6-7-13(16)14(17)10-12/h6-7,10,19H,3-5,8-9H2,1-2H3. The summed E-state index contributed by atoms with van der Waals surface area (Å²) in [6, 6.07) is 5.74. The van der Waals surface area contributed by atoms with E-state index in [1.807, 2.05) is 13.8 Å². The highest BCUT2D eigenvalue weighted by atomic mass is 19.2. The first-order chi connectivity index (χ1) is 9.50. The molecular weight excluding hydrogens is 262 g/mol. The topological polar surface area (TPSA) is 45.0 Å². The number of hydrogen-bond donors (Lipinski definition) is 1. The number of nitrogens with one attached hydrogen (secondary N) is 1. The molecule has 1 N–H and O–H groups in total. The fourth-order valence-corrected chi connectivity index (χ4v) is 1.91. The van der Waals surface area contributed by atoms with E-state index >= 15 is 0 Å². The van der Waals surface area contributed by atoms with Crippen LogP contribution in [0.5, 0.6) is 5.75 Å². The van der Waals surface area contributed by atoms with Crippen LogP contribution in [-0.4, -0.2) is 18.7 Å². The molecule has 20 heavy (non-hydrogen) atoms. The van der Waals surface area contributed by atoms with E-state index in [9.17, 15) is 8.78 Å². The summed E-state index contributed by atoms with van der Waals surface area (Å²) < 4.78 is 31.0. The van der Waals surface area contributed by atoms with Crippen molar-refractivity contribution < 1.29 is 13.5 Å².